The maximum absolute atomic E-state index is 12.8. The molecule has 1 heterocycles. The summed E-state index contributed by atoms with van der Waals surface area (Å²) < 4.78 is 13.4. The highest BCUT2D eigenvalue weighted by atomic mass is 79.9. The Morgan fingerprint density at radius 2 is 1.81 bits per heavy atom. The minimum Gasteiger partial charge on any atom is -0.232 e. The van der Waals surface area contributed by atoms with Gasteiger partial charge in [-0.15, -0.1) is 0 Å². The molecule has 0 atom stereocenters. The molecule has 0 fully saturated rings. The summed E-state index contributed by atoms with van der Waals surface area (Å²) in [5.74, 6) is 0.203. The lowest BCUT2D eigenvalue weighted by molar-refractivity contribution is 0.628. The monoisotopic (exact) mass is 300 g/mol. The maximum Gasteiger partial charge on any atom is 0.161 e. The molecule has 0 saturated carbocycles. The molecule has 0 bridgehead atoms. The molecule has 0 unspecified atom stereocenters. The van der Waals surface area contributed by atoms with E-state index in [0.717, 1.165) is 11.3 Å². The quantitative estimate of drug-likeness (QED) is 0.744. The van der Waals surface area contributed by atoms with Crippen LogP contribution in [-0.2, 0) is 0 Å². The third kappa shape index (κ3) is 2.23. The second kappa shape index (κ2) is 4.47. The summed E-state index contributed by atoms with van der Waals surface area (Å²) in [6, 6.07) is 5.97. The first kappa shape index (κ1) is 11.5. The molecule has 2 aromatic rings. The molecule has 1 aromatic carbocycles. The van der Waals surface area contributed by atoms with Crippen LogP contribution in [0.5, 0.6) is 0 Å². The van der Waals surface area contributed by atoms with Gasteiger partial charge in [0.25, 0.3) is 0 Å². The molecule has 82 valence electrons. The van der Waals surface area contributed by atoms with E-state index < -0.39 is 0 Å². The number of aromatic nitrogens is 2. The van der Waals surface area contributed by atoms with E-state index in [-0.39, 0.29) is 5.82 Å². The summed E-state index contributed by atoms with van der Waals surface area (Å²) in [4.78, 5) is 8.39. The van der Waals surface area contributed by atoms with Gasteiger partial charge in [0.05, 0.1) is 10.2 Å². The van der Waals surface area contributed by atoms with E-state index in [1.54, 1.807) is 12.1 Å². The summed E-state index contributed by atoms with van der Waals surface area (Å²) >= 11 is 9.21. The van der Waals surface area contributed by atoms with Crippen molar-refractivity contribution in [2.75, 3.05) is 0 Å². The SMILES string of the molecule is Cc1nc(-c2ccc(F)cc2)nc(Cl)c1Br. The van der Waals surface area contributed by atoms with Gasteiger partial charge in [-0.25, -0.2) is 14.4 Å². The number of hydrogen-bond acceptors (Lipinski definition) is 2. The minimum absolute atomic E-state index is 0.288. The van der Waals surface area contributed by atoms with Crippen LogP contribution in [0.1, 0.15) is 5.69 Å². The molecule has 0 spiro atoms. The van der Waals surface area contributed by atoms with Crippen molar-refractivity contribution in [2.45, 2.75) is 6.92 Å². The van der Waals surface area contributed by atoms with E-state index in [1.165, 1.54) is 12.1 Å². The van der Waals surface area contributed by atoms with Crippen LogP contribution in [-0.4, -0.2) is 9.97 Å². The van der Waals surface area contributed by atoms with Crippen molar-refractivity contribution in [2.24, 2.45) is 0 Å². The molecule has 1 aromatic heterocycles. The zero-order valence-corrected chi connectivity index (χ0v) is 10.7. The van der Waals surface area contributed by atoms with Gasteiger partial charge in [0.2, 0.25) is 0 Å². The van der Waals surface area contributed by atoms with Crippen LogP contribution in [0, 0.1) is 12.7 Å². The van der Waals surface area contributed by atoms with E-state index in [0.29, 0.717) is 15.5 Å². The zero-order chi connectivity index (χ0) is 11.7. The highest BCUT2D eigenvalue weighted by molar-refractivity contribution is 9.10. The van der Waals surface area contributed by atoms with Crippen molar-refractivity contribution in [3.8, 4) is 11.4 Å². The van der Waals surface area contributed by atoms with Gasteiger partial charge in [0.15, 0.2) is 5.82 Å². The Bertz CT molecular complexity index is 505. The Labute approximate surface area is 106 Å². The Morgan fingerprint density at radius 1 is 1.19 bits per heavy atom. The lowest BCUT2D eigenvalue weighted by atomic mass is 10.2. The van der Waals surface area contributed by atoms with Crippen LogP contribution in [0.25, 0.3) is 11.4 Å². The van der Waals surface area contributed by atoms with Gasteiger partial charge in [-0.3, -0.25) is 0 Å². The number of nitrogens with zero attached hydrogens (tertiary/aromatic N) is 2. The summed E-state index contributed by atoms with van der Waals surface area (Å²) in [6.45, 7) is 1.82. The van der Waals surface area contributed by atoms with Gasteiger partial charge in [-0.2, -0.15) is 0 Å². The van der Waals surface area contributed by atoms with E-state index in [2.05, 4.69) is 25.9 Å². The Morgan fingerprint density at radius 3 is 2.38 bits per heavy atom. The Hall–Kier alpha value is -1.00. The average Bonchev–Trinajstić information content (AvgIpc) is 2.26. The molecule has 0 amide bonds. The largest absolute Gasteiger partial charge is 0.232 e. The third-order valence-corrected chi connectivity index (χ3v) is 3.53. The normalized spacial score (nSPS) is 10.5. The summed E-state index contributed by atoms with van der Waals surface area (Å²) in [5, 5.41) is 0.354. The number of hydrogen-bond donors (Lipinski definition) is 0. The van der Waals surface area contributed by atoms with Crippen LogP contribution in [0.2, 0.25) is 5.15 Å². The first-order valence-corrected chi connectivity index (χ1v) is 5.70. The van der Waals surface area contributed by atoms with Gasteiger partial charge in [-0.1, -0.05) is 11.6 Å². The van der Waals surface area contributed by atoms with E-state index >= 15 is 0 Å². The van der Waals surface area contributed by atoms with Crippen molar-refractivity contribution in [3.05, 3.63) is 45.4 Å². The predicted octanol–water partition coefficient (Wildman–Crippen LogP) is 4.01. The van der Waals surface area contributed by atoms with Crippen LogP contribution < -0.4 is 0 Å². The van der Waals surface area contributed by atoms with Crippen molar-refractivity contribution >= 4 is 27.5 Å². The molecule has 0 aliphatic heterocycles. The lowest BCUT2D eigenvalue weighted by Gasteiger charge is -2.04. The van der Waals surface area contributed by atoms with Crippen LogP contribution in [0.15, 0.2) is 28.7 Å². The molecule has 0 aliphatic rings. The molecule has 5 heteroatoms. The van der Waals surface area contributed by atoms with Gasteiger partial charge >= 0.3 is 0 Å². The number of halogens is 3. The second-order valence-corrected chi connectivity index (χ2v) is 4.40. The first-order valence-electron chi connectivity index (χ1n) is 4.53. The fraction of sp³-hybridized carbons (Fsp3) is 0.0909. The van der Waals surface area contributed by atoms with Crippen molar-refractivity contribution < 1.29 is 4.39 Å². The highest BCUT2D eigenvalue weighted by Gasteiger charge is 2.08. The van der Waals surface area contributed by atoms with Crippen LogP contribution in [0.4, 0.5) is 4.39 Å². The minimum atomic E-state index is -0.288. The molecule has 2 rings (SSSR count). The lowest BCUT2D eigenvalue weighted by Crippen LogP contribution is -1.94. The zero-order valence-electron chi connectivity index (χ0n) is 8.34. The molecule has 2 nitrogen and oxygen atoms in total. The topological polar surface area (TPSA) is 25.8 Å². The number of benzene rings is 1. The van der Waals surface area contributed by atoms with Crippen molar-refractivity contribution in [3.63, 3.8) is 0 Å². The molecule has 0 saturated heterocycles. The summed E-state index contributed by atoms with van der Waals surface area (Å²) in [7, 11) is 0. The summed E-state index contributed by atoms with van der Waals surface area (Å²) in [5.41, 5.74) is 1.48. The molecular weight excluding hydrogens is 294 g/mol. The first-order chi connectivity index (χ1) is 7.58. The fourth-order valence-corrected chi connectivity index (χ4v) is 1.65. The highest BCUT2D eigenvalue weighted by Crippen LogP contribution is 2.26. The van der Waals surface area contributed by atoms with Gasteiger partial charge in [-0.05, 0) is 47.1 Å². The smallest absolute Gasteiger partial charge is 0.161 e. The Balaban J connectivity index is 2.52. The second-order valence-electron chi connectivity index (χ2n) is 3.24. The van der Waals surface area contributed by atoms with Crippen LogP contribution >= 0.6 is 27.5 Å². The number of aryl methyl sites for hydroxylation is 1. The van der Waals surface area contributed by atoms with E-state index in [9.17, 15) is 4.39 Å². The molecule has 0 aliphatic carbocycles. The fourth-order valence-electron chi connectivity index (χ4n) is 1.25. The maximum atomic E-state index is 12.8. The standard InChI is InChI=1S/C11H7BrClFN2/c1-6-9(12)10(13)16-11(15-6)7-2-4-8(14)5-3-7/h2-5H,1H3. The van der Waals surface area contributed by atoms with Crippen molar-refractivity contribution in [1.29, 1.82) is 0 Å². The van der Waals surface area contributed by atoms with Gasteiger partial charge < -0.3 is 0 Å². The van der Waals surface area contributed by atoms with Gasteiger partial charge in [0.1, 0.15) is 11.0 Å². The summed E-state index contributed by atoms with van der Waals surface area (Å²) in [6.07, 6.45) is 0. The predicted molar refractivity (Wildman–Crippen MR) is 64.9 cm³/mol. The third-order valence-electron chi connectivity index (χ3n) is 2.08. The molecule has 0 N–H and O–H groups in total. The van der Waals surface area contributed by atoms with Crippen molar-refractivity contribution in [1.82, 2.24) is 9.97 Å². The average molecular weight is 302 g/mol. The molecule has 16 heavy (non-hydrogen) atoms. The molecular formula is C11H7BrClFN2. The Kier molecular flexibility index (Phi) is 3.21. The van der Waals surface area contributed by atoms with E-state index in [4.69, 9.17) is 11.6 Å². The number of rotatable bonds is 1. The van der Waals surface area contributed by atoms with Crippen LogP contribution in [0.3, 0.4) is 0 Å². The van der Waals surface area contributed by atoms with Gasteiger partial charge in [0, 0.05) is 5.56 Å². The molecule has 0 radical (unpaired) electrons. The van der Waals surface area contributed by atoms with E-state index in [1.807, 2.05) is 6.92 Å².